The van der Waals surface area contributed by atoms with Crippen molar-refractivity contribution < 1.29 is 28.6 Å². The van der Waals surface area contributed by atoms with Crippen molar-refractivity contribution in [3.63, 3.8) is 0 Å². The molecule has 0 aromatic heterocycles. The predicted molar refractivity (Wildman–Crippen MR) is 283 cm³/mol. The maximum absolute atomic E-state index is 12.9. The molecule has 3 aliphatic rings. The number of hydrogen-bond acceptors (Lipinski definition) is 14. The lowest BCUT2D eigenvalue weighted by atomic mass is 9.89. The molecule has 3 heterocycles. The summed E-state index contributed by atoms with van der Waals surface area (Å²) in [5, 5.41) is 4.30. The molecule has 0 saturated carbocycles. The summed E-state index contributed by atoms with van der Waals surface area (Å²) in [5.41, 5.74) is 12.5. The Bertz CT molecular complexity index is 2280. The van der Waals surface area contributed by atoms with Crippen molar-refractivity contribution in [1.29, 1.82) is 0 Å². The molecule has 13 nitrogen and oxygen atoms in total. The number of amides is 3. The SMILES string of the molecule is CC(C)(C)OC(=O)N(C(=O)OC(C)(C)C)C1=N[C@](C)(c2cccc(Br)c2)CCS1.CC(C)(C)OC(=O)NC1=N[C@](C)(c2cccc(N)c2)CCS1.C[C@@]1(c2cccc(Br)c2)CCSC(N)=N1. The van der Waals surface area contributed by atoms with E-state index >= 15 is 0 Å². The zero-order chi connectivity index (χ0) is 49.3. The van der Waals surface area contributed by atoms with Crippen LogP contribution in [0, 0.1) is 0 Å². The third-order valence-electron chi connectivity index (χ3n) is 9.89. The average molecular weight is 1090 g/mol. The lowest BCUT2D eigenvalue weighted by molar-refractivity contribution is 0.0150. The number of benzene rings is 3. The number of amidine groups is 3. The number of thioether (sulfide) groups is 3. The number of halogens is 2. The summed E-state index contributed by atoms with van der Waals surface area (Å²) in [6.07, 6.45) is 0.632. The van der Waals surface area contributed by atoms with Gasteiger partial charge in [-0.15, -0.1) is 0 Å². The van der Waals surface area contributed by atoms with Crippen molar-refractivity contribution in [3.8, 4) is 0 Å². The van der Waals surface area contributed by atoms with Crippen LogP contribution in [0.25, 0.3) is 0 Å². The smallest absolute Gasteiger partial charge is 0.426 e. The second-order valence-electron chi connectivity index (χ2n) is 19.4. The number of imide groups is 1. The Hall–Kier alpha value is -3.71. The number of nitrogen functional groups attached to an aromatic ring is 1. The molecule has 0 unspecified atom stereocenters. The molecule has 3 atom stereocenters. The number of nitrogens with one attached hydrogen (secondary N) is 1. The molecular formula is C48H65Br2N7O6S3. The first-order chi connectivity index (χ1) is 30.5. The second kappa shape index (κ2) is 22.6. The summed E-state index contributed by atoms with van der Waals surface area (Å²) in [6, 6.07) is 23.9. The quantitative estimate of drug-likeness (QED) is 0.168. The Morgan fingerprint density at radius 3 is 1.48 bits per heavy atom. The van der Waals surface area contributed by atoms with Gasteiger partial charge < -0.3 is 25.7 Å². The van der Waals surface area contributed by atoms with Crippen LogP contribution in [0.15, 0.2) is 96.7 Å². The maximum atomic E-state index is 12.9. The molecule has 3 aliphatic heterocycles. The molecule has 66 heavy (non-hydrogen) atoms. The number of hydrogen-bond donors (Lipinski definition) is 3. The maximum Gasteiger partial charge on any atom is 0.426 e. The van der Waals surface area contributed by atoms with Crippen LogP contribution in [-0.2, 0) is 30.8 Å². The molecule has 0 saturated heterocycles. The van der Waals surface area contributed by atoms with Crippen LogP contribution >= 0.6 is 67.1 Å². The summed E-state index contributed by atoms with van der Waals surface area (Å²) >= 11 is 11.5. The summed E-state index contributed by atoms with van der Waals surface area (Å²) in [5.74, 6) is 2.61. The van der Waals surface area contributed by atoms with Gasteiger partial charge in [-0.1, -0.05) is 104 Å². The van der Waals surface area contributed by atoms with E-state index in [-0.39, 0.29) is 16.2 Å². The van der Waals surface area contributed by atoms with Crippen LogP contribution in [0.3, 0.4) is 0 Å². The Morgan fingerprint density at radius 1 is 0.606 bits per heavy atom. The van der Waals surface area contributed by atoms with Crippen molar-refractivity contribution >= 4 is 107 Å². The van der Waals surface area contributed by atoms with E-state index in [1.807, 2.05) is 88.4 Å². The fraction of sp³-hybridized carbons (Fsp3) is 0.500. The van der Waals surface area contributed by atoms with Gasteiger partial charge in [-0.2, -0.15) is 4.90 Å². The molecule has 0 bridgehead atoms. The fourth-order valence-corrected chi connectivity index (χ4v) is 10.7. The van der Waals surface area contributed by atoms with Gasteiger partial charge in [0.1, 0.15) is 16.8 Å². The molecule has 5 N–H and O–H groups in total. The largest absolute Gasteiger partial charge is 0.444 e. The average Bonchev–Trinajstić information content (AvgIpc) is 3.16. The van der Waals surface area contributed by atoms with Crippen molar-refractivity contribution in [2.75, 3.05) is 23.0 Å². The molecule has 0 fully saturated rings. The predicted octanol–water partition coefficient (Wildman–Crippen LogP) is 12.9. The molecule has 3 aromatic carbocycles. The van der Waals surface area contributed by atoms with Crippen LogP contribution < -0.4 is 16.8 Å². The standard InChI is InChI=1S/C21H29BrN2O4S.C16H23N3O2S.C11H13BrN2S/c1-19(2,3)27-17(25)24(18(26)28-20(4,5)6)16-23-21(7,11-12-29-16)14-9-8-10-15(22)13-14;1-15(2,3)21-14(20)18-13-19-16(4,8-9-22-13)11-6-5-7-12(17)10-11;1-11(5-6-15-10(13)14-11)8-3-2-4-9(12)7-8/h8-10,13H,11-12H2,1-7H3;5-7,10H,8-9,17H2,1-4H3,(H,18,19,20);2-4,7H,5-6H2,1H3,(H2,13,14)/t21-;16-;11-/m000/s1. The second-order valence-corrected chi connectivity index (χ2v) is 24.5. The molecule has 18 heteroatoms. The van der Waals surface area contributed by atoms with E-state index in [0.29, 0.717) is 21.8 Å². The van der Waals surface area contributed by atoms with E-state index < -0.39 is 40.6 Å². The Balaban J connectivity index is 0.000000227. The lowest BCUT2D eigenvalue weighted by Gasteiger charge is -2.34. The molecule has 0 spiro atoms. The lowest BCUT2D eigenvalue weighted by Crippen LogP contribution is -2.47. The van der Waals surface area contributed by atoms with Gasteiger partial charge in [0.15, 0.2) is 15.5 Å². The molecule has 3 aromatic rings. The van der Waals surface area contributed by atoms with E-state index in [9.17, 15) is 14.4 Å². The van der Waals surface area contributed by atoms with E-state index in [4.69, 9.17) is 35.7 Å². The van der Waals surface area contributed by atoms with Gasteiger partial charge in [0.25, 0.3) is 0 Å². The van der Waals surface area contributed by atoms with Crippen molar-refractivity contribution in [2.24, 2.45) is 20.7 Å². The third kappa shape index (κ3) is 17.1. The highest BCUT2D eigenvalue weighted by atomic mass is 79.9. The highest BCUT2D eigenvalue weighted by molar-refractivity contribution is 9.10. The summed E-state index contributed by atoms with van der Waals surface area (Å²) < 4.78 is 18.2. The fourth-order valence-electron chi connectivity index (χ4n) is 6.55. The van der Waals surface area contributed by atoms with Gasteiger partial charge in [0, 0.05) is 31.9 Å². The van der Waals surface area contributed by atoms with E-state index in [2.05, 4.69) is 68.1 Å². The van der Waals surface area contributed by atoms with Gasteiger partial charge in [0.2, 0.25) is 0 Å². The van der Waals surface area contributed by atoms with Crippen molar-refractivity contribution in [1.82, 2.24) is 10.2 Å². The number of ether oxygens (including phenoxy) is 3. The highest BCUT2D eigenvalue weighted by Gasteiger charge is 2.40. The zero-order valence-corrected chi connectivity index (χ0v) is 45.7. The van der Waals surface area contributed by atoms with Gasteiger partial charge in [-0.3, -0.25) is 20.3 Å². The number of carbonyl (C=O) groups is 3. The Kier molecular flexibility index (Phi) is 18.8. The van der Waals surface area contributed by atoms with Gasteiger partial charge in [-0.25, -0.2) is 14.4 Å². The van der Waals surface area contributed by atoms with E-state index in [1.54, 1.807) is 53.3 Å². The first-order valence-corrected chi connectivity index (χ1v) is 26.1. The van der Waals surface area contributed by atoms with Crippen LogP contribution in [0.4, 0.5) is 20.1 Å². The molecule has 0 radical (unpaired) electrons. The highest BCUT2D eigenvalue weighted by Crippen LogP contribution is 2.39. The van der Waals surface area contributed by atoms with Crippen LogP contribution in [-0.4, -0.2) is 72.7 Å². The number of carbonyl (C=O) groups excluding carboxylic acids is 3. The van der Waals surface area contributed by atoms with Crippen molar-refractivity contribution in [3.05, 3.63) is 98.4 Å². The van der Waals surface area contributed by atoms with Crippen LogP contribution in [0.1, 0.15) is 119 Å². The van der Waals surface area contributed by atoms with E-state index in [1.165, 1.54) is 29.1 Å². The summed E-state index contributed by atoms with van der Waals surface area (Å²) in [6.45, 7) is 22.2. The number of nitrogens with two attached hydrogens (primary N) is 2. The minimum Gasteiger partial charge on any atom is -0.444 e. The Morgan fingerprint density at radius 2 is 1.03 bits per heavy atom. The zero-order valence-electron chi connectivity index (χ0n) is 40.0. The van der Waals surface area contributed by atoms with Crippen LogP contribution in [0.2, 0.25) is 0 Å². The monoisotopic (exact) mass is 1090 g/mol. The molecular weight excluding hydrogens is 1030 g/mol. The number of anilines is 1. The molecule has 6 rings (SSSR count). The number of alkyl carbamates (subject to hydrolysis) is 1. The molecule has 360 valence electrons. The molecule has 0 aliphatic carbocycles. The minimum absolute atomic E-state index is 0.154. The summed E-state index contributed by atoms with van der Waals surface area (Å²) in [4.78, 5) is 52.7. The molecule has 3 amide bonds. The minimum atomic E-state index is -0.795. The topological polar surface area (TPSA) is 183 Å². The van der Waals surface area contributed by atoms with Gasteiger partial charge >= 0.3 is 18.3 Å². The van der Waals surface area contributed by atoms with Crippen molar-refractivity contribution in [2.45, 2.75) is 136 Å². The first kappa shape index (κ1) is 54.9. The normalized spacial score (nSPS) is 22.0. The number of aliphatic imine (C=N–C) groups is 3. The summed E-state index contributed by atoms with van der Waals surface area (Å²) in [7, 11) is 0. The van der Waals surface area contributed by atoms with Crippen LogP contribution in [0.5, 0.6) is 0 Å². The van der Waals surface area contributed by atoms with E-state index in [0.717, 1.165) is 55.7 Å². The van der Waals surface area contributed by atoms with Gasteiger partial charge in [0.05, 0.1) is 16.6 Å². The number of nitrogens with zero attached hydrogens (tertiary/aromatic N) is 4. The Labute approximate surface area is 420 Å². The first-order valence-electron chi connectivity index (χ1n) is 21.6. The third-order valence-corrected chi connectivity index (χ3v) is 13.5. The number of rotatable bonds is 3. The van der Waals surface area contributed by atoms with Gasteiger partial charge in [-0.05, 0) is 155 Å².